The number of aromatic nitrogens is 3. The summed E-state index contributed by atoms with van der Waals surface area (Å²) >= 11 is 8.68. The first-order chi connectivity index (χ1) is 12.1. The maximum Gasteiger partial charge on any atom is 0.238 e. The Morgan fingerprint density at radius 1 is 1.32 bits per heavy atom. The summed E-state index contributed by atoms with van der Waals surface area (Å²) in [5.74, 6) is 0.357. The van der Waals surface area contributed by atoms with Crippen molar-refractivity contribution in [1.29, 1.82) is 0 Å². The molecule has 9 heteroatoms. The number of carbonyl (C=O) groups is 1. The molecule has 6 nitrogen and oxygen atoms in total. The van der Waals surface area contributed by atoms with Crippen LogP contribution in [0.1, 0.15) is 39.0 Å². The standard InChI is InChI=1S/C16H20ClN5OS2/c1-10(14(23)20-13-8-7-11(17)9-18-13)24-16-22-21-15(25-16)19-12-5-3-2-4-6-12/h7-10,12H,2-6H2,1H3,(H,19,21)(H,18,20,23)/t10-/m0/s1. The maximum absolute atomic E-state index is 12.3. The van der Waals surface area contributed by atoms with Crippen molar-refractivity contribution in [2.75, 3.05) is 10.6 Å². The van der Waals surface area contributed by atoms with Gasteiger partial charge in [0.15, 0.2) is 4.34 Å². The van der Waals surface area contributed by atoms with Gasteiger partial charge in [-0.1, -0.05) is 54.0 Å². The number of hydrogen-bond acceptors (Lipinski definition) is 7. The van der Waals surface area contributed by atoms with E-state index in [-0.39, 0.29) is 11.2 Å². The number of nitrogens with one attached hydrogen (secondary N) is 2. The van der Waals surface area contributed by atoms with Crippen LogP contribution in [0.15, 0.2) is 22.7 Å². The third-order valence-electron chi connectivity index (χ3n) is 3.96. The second-order valence-corrected chi connectivity index (χ2v) is 8.97. The first-order valence-corrected chi connectivity index (χ1v) is 10.4. The summed E-state index contributed by atoms with van der Waals surface area (Å²) < 4.78 is 0.782. The van der Waals surface area contributed by atoms with Gasteiger partial charge in [0.25, 0.3) is 0 Å². The molecule has 0 spiro atoms. The third-order valence-corrected chi connectivity index (χ3v) is 6.23. The van der Waals surface area contributed by atoms with Gasteiger partial charge in [-0.15, -0.1) is 10.2 Å². The van der Waals surface area contributed by atoms with Crippen LogP contribution in [-0.4, -0.2) is 32.4 Å². The van der Waals surface area contributed by atoms with E-state index in [1.807, 2.05) is 6.92 Å². The second-order valence-electron chi connectivity index (χ2n) is 5.96. The number of amides is 1. The van der Waals surface area contributed by atoms with Gasteiger partial charge in [0.2, 0.25) is 11.0 Å². The molecule has 0 aliphatic heterocycles. The zero-order valence-electron chi connectivity index (χ0n) is 13.9. The van der Waals surface area contributed by atoms with Gasteiger partial charge in [-0.2, -0.15) is 0 Å². The molecule has 0 unspecified atom stereocenters. The van der Waals surface area contributed by atoms with E-state index >= 15 is 0 Å². The molecule has 1 saturated carbocycles. The van der Waals surface area contributed by atoms with Crippen LogP contribution in [0.4, 0.5) is 10.9 Å². The minimum Gasteiger partial charge on any atom is -0.357 e. The predicted molar refractivity (Wildman–Crippen MR) is 104 cm³/mol. The molecule has 2 heterocycles. The van der Waals surface area contributed by atoms with Crippen molar-refractivity contribution in [2.45, 2.75) is 54.7 Å². The smallest absolute Gasteiger partial charge is 0.238 e. The molecule has 3 rings (SSSR count). The Balaban J connectivity index is 1.51. The molecule has 2 N–H and O–H groups in total. The summed E-state index contributed by atoms with van der Waals surface area (Å²) in [6, 6.07) is 3.86. The summed E-state index contributed by atoms with van der Waals surface area (Å²) in [5, 5.41) is 15.7. The lowest BCUT2D eigenvalue weighted by Gasteiger charge is -2.21. The van der Waals surface area contributed by atoms with Crippen LogP contribution in [-0.2, 0) is 4.79 Å². The van der Waals surface area contributed by atoms with Crippen molar-refractivity contribution in [2.24, 2.45) is 0 Å². The SMILES string of the molecule is C[C@H](Sc1nnc(NC2CCCCC2)s1)C(=O)Nc1ccc(Cl)cn1. The number of rotatable bonds is 6. The van der Waals surface area contributed by atoms with Gasteiger partial charge in [-0.25, -0.2) is 4.98 Å². The van der Waals surface area contributed by atoms with Crippen molar-refractivity contribution in [3.63, 3.8) is 0 Å². The summed E-state index contributed by atoms with van der Waals surface area (Å²) in [7, 11) is 0. The molecule has 2 aromatic rings. The molecule has 0 bridgehead atoms. The molecule has 0 saturated heterocycles. The molecule has 1 aliphatic carbocycles. The number of halogens is 1. The minimum atomic E-state index is -0.298. The highest BCUT2D eigenvalue weighted by molar-refractivity contribution is 8.02. The van der Waals surface area contributed by atoms with Gasteiger partial charge in [0, 0.05) is 12.2 Å². The van der Waals surface area contributed by atoms with Gasteiger partial charge < -0.3 is 10.6 Å². The predicted octanol–water partition coefficient (Wildman–Crippen LogP) is 4.45. The Bertz CT molecular complexity index is 703. The minimum absolute atomic E-state index is 0.128. The zero-order valence-corrected chi connectivity index (χ0v) is 16.3. The molecular formula is C16H20ClN5OS2. The average molecular weight is 398 g/mol. The van der Waals surface area contributed by atoms with Crippen LogP contribution in [0.5, 0.6) is 0 Å². The Morgan fingerprint density at radius 2 is 2.12 bits per heavy atom. The zero-order chi connectivity index (χ0) is 17.6. The van der Waals surface area contributed by atoms with E-state index in [0.717, 1.165) is 9.47 Å². The lowest BCUT2D eigenvalue weighted by Crippen LogP contribution is -2.22. The first kappa shape index (κ1) is 18.4. The molecule has 0 radical (unpaired) electrons. The van der Waals surface area contributed by atoms with Crippen molar-refractivity contribution >= 4 is 51.6 Å². The molecular weight excluding hydrogens is 378 g/mol. The van der Waals surface area contributed by atoms with Gasteiger partial charge in [-0.3, -0.25) is 4.79 Å². The highest BCUT2D eigenvalue weighted by atomic mass is 35.5. The lowest BCUT2D eigenvalue weighted by molar-refractivity contribution is -0.115. The van der Waals surface area contributed by atoms with E-state index in [1.165, 1.54) is 61.4 Å². The van der Waals surface area contributed by atoms with Gasteiger partial charge in [0.1, 0.15) is 5.82 Å². The van der Waals surface area contributed by atoms with Gasteiger partial charge in [-0.05, 0) is 31.9 Å². The number of thioether (sulfide) groups is 1. The van der Waals surface area contributed by atoms with E-state index in [2.05, 4.69) is 25.8 Å². The van der Waals surface area contributed by atoms with Crippen LogP contribution < -0.4 is 10.6 Å². The topological polar surface area (TPSA) is 79.8 Å². The number of hydrogen-bond donors (Lipinski definition) is 2. The molecule has 0 aromatic carbocycles. The van der Waals surface area contributed by atoms with E-state index in [1.54, 1.807) is 12.1 Å². The Hall–Kier alpha value is -1.38. The molecule has 2 aromatic heterocycles. The van der Waals surface area contributed by atoms with Crippen molar-refractivity contribution in [1.82, 2.24) is 15.2 Å². The average Bonchev–Trinajstić information content (AvgIpc) is 3.04. The van der Waals surface area contributed by atoms with Gasteiger partial charge >= 0.3 is 0 Å². The highest BCUT2D eigenvalue weighted by Gasteiger charge is 2.19. The van der Waals surface area contributed by atoms with E-state index in [9.17, 15) is 4.79 Å². The number of carbonyl (C=O) groups excluding carboxylic acids is 1. The quantitative estimate of drug-likeness (QED) is 0.701. The van der Waals surface area contributed by atoms with Crippen LogP contribution in [0.25, 0.3) is 0 Å². The molecule has 1 atom stereocenters. The third kappa shape index (κ3) is 5.55. The van der Waals surface area contributed by atoms with Crippen molar-refractivity contribution in [3.05, 3.63) is 23.4 Å². The summed E-state index contributed by atoms with van der Waals surface area (Å²) in [4.78, 5) is 16.3. The Labute approximate surface area is 160 Å². The van der Waals surface area contributed by atoms with Gasteiger partial charge in [0.05, 0.1) is 10.3 Å². The number of pyridine rings is 1. The number of nitrogens with zero attached hydrogens (tertiary/aromatic N) is 3. The summed E-state index contributed by atoms with van der Waals surface area (Å²) in [6.07, 6.45) is 7.75. The molecule has 134 valence electrons. The molecule has 1 amide bonds. The fourth-order valence-corrected chi connectivity index (χ4v) is 4.70. The monoisotopic (exact) mass is 397 g/mol. The summed E-state index contributed by atoms with van der Waals surface area (Å²) in [6.45, 7) is 1.84. The van der Waals surface area contributed by atoms with E-state index in [4.69, 9.17) is 11.6 Å². The van der Waals surface area contributed by atoms with Crippen LogP contribution >= 0.6 is 34.7 Å². The number of anilines is 2. The largest absolute Gasteiger partial charge is 0.357 e. The van der Waals surface area contributed by atoms with Crippen LogP contribution in [0.2, 0.25) is 5.02 Å². The van der Waals surface area contributed by atoms with Crippen LogP contribution in [0, 0.1) is 0 Å². The molecule has 1 aliphatic rings. The van der Waals surface area contributed by atoms with Crippen molar-refractivity contribution < 1.29 is 4.79 Å². The Kier molecular flexibility index (Phi) is 6.50. The fourth-order valence-electron chi connectivity index (χ4n) is 2.62. The van der Waals surface area contributed by atoms with E-state index in [0.29, 0.717) is 16.9 Å². The van der Waals surface area contributed by atoms with Crippen LogP contribution in [0.3, 0.4) is 0 Å². The van der Waals surface area contributed by atoms with E-state index < -0.39 is 0 Å². The first-order valence-electron chi connectivity index (χ1n) is 8.29. The summed E-state index contributed by atoms with van der Waals surface area (Å²) in [5.41, 5.74) is 0. The maximum atomic E-state index is 12.3. The Morgan fingerprint density at radius 3 is 2.84 bits per heavy atom. The molecule has 25 heavy (non-hydrogen) atoms. The lowest BCUT2D eigenvalue weighted by atomic mass is 9.96. The van der Waals surface area contributed by atoms with Crippen molar-refractivity contribution in [3.8, 4) is 0 Å². The fraction of sp³-hybridized carbons (Fsp3) is 0.500. The second kappa shape index (κ2) is 8.82. The highest BCUT2D eigenvalue weighted by Crippen LogP contribution is 2.31. The normalized spacial score (nSPS) is 16.4. The molecule has 1 fully saturated rings.